The maximum atomic E-state index is 11.1. The van der Waals surface area contributed by atoms with Crippen molar-refractivity contribution < 1.29 is 14.8 Å². The molecule has 0 atom stereocenters. The highest BCUT2D eigenvalue weighted by atomic mass is 35.5. The zero-order valence-corrected chi connectivity index (χ0v) is 10.2. The van der Waals surface area contributed by atoms with Gasteiger partial charge in [0, 0.05) is 13.1 Å². The van der Waals surface area contributed by atoms with Crippen LogP contribution in [0.5, 0.6) is 0 Å². The number of carbonyl (C=O) groups is 1. The Labute approximate surface area is 108 Å². The van der Waals surface area contributed by atoms with Gasteiger partial charge in [-0.25, -0.2) is 4.79 Å². The summed E-state index contributed by atoms with van der Waals surface area (Å²) < 4.78 is 0. The lowest BCUT2D eigenvalue weighted by atomic mass is 10.1. The summed E-state index contributed by atoms with van der Waals surface area (Å²) in [6, 6.07) is 2.77. The molecule has 7 heteroatoms. The standard InChI is InChI=1S/C11H11ClN2O4/c12-9-7(11(15)16)3-4-8(10(9)14(17)18)13-5-1-2-6-13/h3-4H,1-2,5-6H2,(H,15,16). The molecular weight excluding hydrogens is 260 g/mol. The maximum Gasteiger partial charge on any atom is 0.337 e. The first kappa shape index (κ1) is 12.6. The minimum Gasteiger partial charge on any atom is -0.478 e. The molecule has 18 heavy (non-hydrogen) atoms. The Balaban J connectivity index is 2.56. The van der Waals surface area contributed by atoms with Crippen molar-refractivity contribution in [2.75, 3.05) is 18.0 Å². The average molecular weight is 271 g/mol. The third kappa shape index (κ3) is 2.11. The van der Waals surface area contributed by atoms with E-state index in [-0.39, 0.29) is 16.3 Å². The van der Waals surface area contributed by atoms with Crippen molar-refractivity contribution in [3.05, 3.63) is 32.8 Å². The van der Waals surface area contributed by atoms with Crippen LogP contribution in [0, 0.1) is 10.1 Å². The monoisotopic (exact) mass is 270 g/mol. The fraction of sp³-hybridized carbons (Fsp3) is 0.364. The molecule has 1 heterocycles. The molecule has 0 bridgehead atoms. The molecular formula is C11H11ClN2O4. The van der Waals surface area contributed by atoms with Gasteiger partial charge >= 0.3 is 11.7 Å². The number of nitrogens with zero attached hydrogens (tertiary/aromatic N) is 2. The highest BCUT2D eigenvalue weighted by Gasteiger charge is 2.28. The molecule has 1 aliphatic heterocycles. The first-order valence-corrected chi connectivity index (χ1v) is 5.85. The van der Waals surface area contributed by atoms with Crippen LogP contribution in [0.25, 0.3) is 0 Å². The number of halogens is 1. The molecule has 96 valence electrons. The summed E-state index contributed by atoms with van der Waals surface area (Å²) in [5.41, 5.74) is -0.169. The Bertz CT molecular complexity index is 512. The Morgan fingerprint density at radius 1 is 1.39 bits per heavy atom. The quantitative estimate of drug-likeness (QED) is 0.674. The van der Waals surface area contributed by atoms with Crippen molar-refractivity contribution in [1.82, 2.24) is 0 Å². The number of aromatic carboxylic acids is 1. The third-order valence-electron chi connectivity index (χ3n) is 2.95. The first-order valence-electron chi connectivity index (χ1n) is 5.47. The molecule has 0 spiro atoms. The zero-order valence-electron chi connectivity index (χ0n) is 9.43. The molecule has 1 aliphatic rings. The number of rotatable bonds is 3. The Morgan fingerprint density at radius 2 is 2.00 bits per heavy atom. The van der Waals surface area contributed by atoms with E-state index in [2.05, 4.69) is 0 Å². The predicted molar refractivity (Wildman–Crippen MR) is 66.5 cm³/mol. The number of nitro groups is 1. The lowest BCUT2D eigenvalue weighted by Crippen LogP contribution is -2.19. The molecule has 6 nitrogen and oxygen atoms in total. The lowest BCUT2D eigenvalue weighted by Gasteiger charge is -2.18. The topological polar surface area (TPSA) is 83.7 Å². The van der Waals surface area contributed by atoms with Gasteiger partial charge in [0.25, 0.3) is 0 Å². The van der Waals surface area contributed by atoms with Crippen molar-refractivity contribution in [2.45, 2.75) is 12.8 Å². The van der Waals surface area contributed by atoms with Crippen molar-refractivity contribution in [1.29, 1.82) is 0 Å². The number of carboxylic acids is 1. The second-order valence-electron chi connectivity index (χ2n) is 4.05. The van der Waals surface area contributed by atoms with Crippen LogP contribution >= 0.6 is 11.6 Å². The molecule has 2 rings (SSSR count). The van der Waals surface area contributed by atoms with Gasteiger partial charge in [-0.1, -0.05) is 11.6 Å². The van der Waals surface area contributed by atoms with E-state index in [9.17, 15) is 14.9 Å². The number of carboxylic acid groups (broad SMARTS) is 1. The fourth-order valence-electron chi connectivity index (χ4n) is 2.11. The van der Waals surface area contributed by atoms with E-state index < -0.39 is 10.9 Å². The number of benzene rings is 1. The van der Waals surface area contributed by atoms with Gasteiger partial charge in [0.05, 0.1) is 10.5 Å². The normalized spacial score (nSPS) is 14.8. The van der Waals surface area contributed by atoms with Gasteiger partial charge in [-0.2, -0.15) is 0 Å². The van der Waals surface area contributed by atoms with E-state index in [0.29, 0.717) is 5.69 Å². The van der Waals surface area contributed by atoms with E-state index >= 15 is 0 Å². The van der Waals surface area contributed by atoms with Gasteiger partial charge in [0.1, 0.15) is 10.7 Å². The SMILES string of the molecule is O=C(O)c1ccc(N2CCCC2)c([N+](=O)[O-])c1Cl. The van der Waals surface area contributed by atoms with E-state index in [1.165, 1.54) is 12.1 Å². The Morgan fingerprint density at radius 3 is 2.50 bits per heavy atom. The first-order chi connectivity index (χ1) is 8.52. The predicted octanol–water partition coefficient (Wildman–Crippen LogP) is 2.55. The molecule has 1 aromatic carbocycles. The van der Waals surface area contributed by atoms with Crippen molar-refractivity contribution in [3.8, 4) is 0 Å². The summed E-state index contributed by atoms with van der Waals surface area (Å²) in [7, 11) is 0. The Kier molecular flexibility index (Phi) is 3.38. The smallest absolute Gasteiger partial charge is 0.337 e. The van der Waals surface area contributed by atoms with Crippen LogP contribution in [0.15, 0.2) is 12.1 Å². The molecule has 0 aromatic heterocycles. The van der Waals surface area contributed by atoms with Crippen molar-refractivity contribution in [2.24, 2.45) is 0 Å². The van der Waals surface area contributed by atoms with Crippen molar-refractivity contribution in [3.63, 3.8) is 0 Å². The van der Waals surface area contributed by atoms with Crippen LogP contribution < -0.4 is 4.90 Å². The molecule has 0 radical (unpaired) electrons. The molecule has 1 saturated heterocycles. The van der Waals surface area contributed by atoms with Crippen LogP contribution in [-0.2, 0) is 0 Å². The number of hydrogen-bond acceptors (Lipinski definition) is 4. The van der Waals surface area contributed by atoms with Crippen LogP contribution in [0.4, 0.5) is 11.4 Å². The minimum absolute atomic E-state index is 0.244. The second kappa shape index (κ2) is 4.81. The zero-order chi connectivity index (χ0) is 13.3. The average Bonchev–Trinajstić information content (AvgIpc) is 2.80. The summed E-state index contributed by atoms with van der Waals surface area (Å²) in [5.74, 6) is -1.27. The van der Waals surface area contributed by atoms with Crippen LogP contribution in [0.1, 0.15) is 23.2 Å². The molecule has 0 unspecified atom stereocenters. The van der Waals surface area contributed by atoms with Gasteiger partial charge in [-0.3, -0.25) is 10.1 Å². The molecule has 0 amide bonds. The summed E-state index contributed by atoms with van der Waals surface area (Å²) in [6.45, 7) is 1.45. The van der Waals surface area contributed by atoms with Crippen LogP contribution in [0.3, 0.4) is 0 Å². The van der Waals surface area contributed by atoms with E-state index in [1.54, 1.807) is 0 Å². The molecule has 1 N–H and O–H groups in total. The van der Waals surface area contributed by atoms with Crippen molar-refractivity contribution >= 4 is 28.9 Å². The third-order valence-corrected chi connectivity index (χ3v) is 3.34. The van der Waals surface area contributed by atoms with Gasteiger partial charge in [-0.15, -0.1) is 0 Å². The number of anilines is 1. The largest absolute Gasteiger partial charge is 0.478 e. The van der Waals surface area contributed by atoms with E-state index in [0.717, 1.165) is 25.9 Å². The minimum atomic E-state index is -1.27. The second-order valence-corrected chi connectivity index (χ2v) is 4.43. The Hall–Kier alpha value is -1.82. The van der Waals surface area contributed by atoms with Gasteiger partial charge in [-0.05, 0) is 25.0 Å². The summed E-state index contributed by atoms with van der Waals surface area (Å²) in [5, 5.41) is 19.7. The molecule has 0 aliphatic carbocycles. The highest BCUT2D eigenvalue weighted by molar-refractivity contribution is 6.36. The molecule has 1 fully saturated rings. The van der Waals surface area contributed by atoms with Gasteiger partial charge in [0.15, 0.2) is 0 Å². The summed E-state index contributed by atoms with van der Waals surface area (Å²) in [6.07, 6.45) is 1.94. The molecule has 1 aromatic rings. The van der Waals surface area contributed by atoms with E-state index in [4.69, 9.17) is 16.7 Å². The van der Waals surface area contributed by atoms with E-state index in [1.807, 2.05) is 4.90 Å². The highest BCUT2D eigenvalue weighted by Crippen LogP contribution is 2.38. The lowest BCUT2D eigenvalue weighted by molar-refractivity contribution is -0.384. The summed E-state index contributed by atoms with van der Waals surface area (Å²) >= 11 is 5.83. The summed E-state index contributed by atoms with van der Waals surface area (Å²) in [4.78, 5) is 23.2. The maximum absolute atomic E-state index is 11.1. The molecule has 0 saturated carbocycles. The number of nitro benzene ring substituents is 1. The van der Waals surface area contributed by atoms with Gasteiger partial charge in [0.2, 0.25) is 0 Å². The van der Waals surface area contributed by atoms with Gasteiger partial charge < -0.3 is 10.0 Å². The van der Waals surface area contributed by atoms with Crippen LogP contribution in [0.2, 0.25) is 5.02 Å². The fourth-order valence-corrected chi connectivity index (χ4v) is 2.42. The van der Waals surface area contributed by atoms with Crippen LogP contribution in [-0.4, -0.2) is 29.1 Å². The number of hydrogen-bond donors (Lipinski definition) is 1.